The topological polar surface area (TPSA) is 21.1 Å². The van der Waals surface area contributed by atoms with Gasteiger partial charge < -0.3 is 9.47 Å². The Kier molecular flexibility index (Phi) is 4.35. The van der Waals surface area contributed by atoms with Gasteiger partial charge in [0.2, 0.25) is 0 Å². The number of imidazole rings is 1. The van der Waals surface area contributed by atoms with Crippen molar-refractivity contribution in [2.24, 2.45) is 5.92 Å². The van der Waals surface area contributed by atoms with Gasteiger partial charge in [0.05, 0.1) is 0 Å². The van der Waals surface area contributed by atoms with Gasteiger partial charge >= 0.3 is 0 Å². The quantitative estimate of drug-likeness (QED) is 0.844. The lowest BCUT2D eigenvalue weighted by Crippen LogP contribution is -2.49. The number of hydrogen-bond acceptors (Lipinski definition) is 2. The second-order valence-corrected chi connectivity index (χ2v) is 7.03. The van der Waals surface area contributed by atoms with Gasteiger partial charge in [-0.2, -0.15) is 0 Å². The van der Waals surface area contributed by atoms with Gasteiger partial charge in [-0.15, -0.1) is 0 Å². The number of aromatic nitrogens is 2. The van der Waals surface area contributed by atoms with Crippen molar-refractivity contribution in [3.05, 3.63) is 42.2 Å². The molecule has 0 bridgehead atoms. The van der Waals surface area contributed by atoms with Crippen LogP contribution in [0.5, 0.6) is 0 Å². The van der Waals surface area contributed by atoms with Gasteiger partial charge in [-0.1, -0.05) is 6.42 Å². The van der Waals surface area contributed by atoms with E-state index in [0.29, 0.717) is 17.5 Å². The summed E-state index contributed by atoms with van der Waals surface area (Å²) in [6.07, 6.45) is 10.1. The summed E-state index contributed by atoms with van der Waals surface area (Å²) in [4.78, 5) is 7.03. The number of hydrogen-bond donors (Lipinski definition) is 0. The second kappa shape index (κ2) is 6.63. The molecule has 0 unspecified atom stereocenters. The third kappa shape index (κ3) is 2.97. The van der Waals surface area contributed by atoms with E-state index in [1.807, 2.05) is 6.20 Å². The minimum Gasteiger partial charge on any atom is -0.331 e. The molecule has 3 heterocycles. The minimum absolute atomic E-state index is 0.609. The molecular weight excluding hydrogens is 308 g/mol. The second-order valence-electron chi connectivity index (χ2n) is 7.03. The lowest BCUT2D eigenvalue weighted by atomic mass is 9.83. The molecule has 2 saturated heterocycles. The SMILES string of the molecule is Fc1ccc(-c2nccn2C[C@@H]2CCCN3CCCC[C@H]23)cc1F. The van der Waals surface area contributed by atoms with Gasteiger partial charge in [-0.3, -0.25) is 0 Å². The highest BCUT2D eigenvalue weighted by Crippen LogP contribution is 2.33. The fourth-order valence-corrected chi connectivity index (χ4v) is 4.39. The first-order valence-corrected chi connectivity index (χ1v) is 8.93. The van der Waals surface area contributed by atoms with Crippen LogP contribution in [0, 0.1) is 17.6 Å². The summed E-state index contributed by atoms with van der Waals surface area (Å²) in [7, 11) is 0. The number of nitrogens with zero attached hydrogens (tertiary/aromatic N) is 3. The average molecular weight is 331 g/mol. The van der Waals surface area contributed by atoms with Crippen molar-refractivity contribution in [2.45, 2.75) is 44.7 Å². The average Bonchev–Trinajstić information content (AvgIpc) is 3.06. The van der Waals surface area contributed by atoms with E-state index in [0.717, 1.165) is 12.4 Å². The molecule has 0 N–H and O–H groups in total. The van der Waals surface area contributed by atoms with E-state index in [1.165, 1.54) is 57.3 Å². The van der Waals surface area contributed by atoms with Crippen molar-refractivity contribution >= 4 is 0 Å². The first-order chi connectivity index (χ1) is 11.7. The zero-order valence-corrected chi connectivity index (χ0v) is 13.8. The Morgan fingerprint density at radius 1 is 1.04 bits per heavy atom. The van der Waals surface area contributed by atoms with Crippen LogP contribution in [0.25, 0.3) is 11.4 Å². The third-order valence-corrected chi connectivity index (χ3v) is 5.55. The van der Waals surface area contributed by atoms with Crippen LogP contribution in [0.1, 0.15) is 32.1 Å². The molecule has 2 aliphatic heterocycles. The lowest BCUT2D eigenvalue weighted by molar-refractivity contribution is 0.0521. The molecule has 2 aliphatic rings. The number of piperidine rings is 2. The summed E-state index contributed by atoms with van der Waals surface area (Å²) in [5.41, 5.74) is 0.634. The highest BCUT2D eigenvalue weighted by molar-refractivity contribution is 5.55. The van der Waals surface area contributed by atoms with E-state index < -0.39 is 11.6 Å². The van der Waals surface area contributed by atoms with E-state index in [9.17, 15) is 8.78 Å². The monoisotopic (exact) mass is 331 g/mol. The summed E-state index contributed by atoms with van der Waals surface area (Å²) >= 11 is 0. The molecule has 2 aromatic rings. The van der Waals surface area contributed by atoms with Crippen LogP contribution < -0.4 is 0 Å². The maximum Gasteiger partial charge on any atom is 0.159 e. The van der Waals surface area contributed by atoms with Crippen LogP contribution in [0.15, 0.2) is 30.6 Å². The van der Waals surface area contributed by atoms with Crippen molar-refractivity contribution in [3.8, 4) is 11.4 Å². The van der Waals surface area contributed by atoms with Gasteiger partial charge in [-0.25, -0.2) is 13.8 Å². The predicted octanol–water partition coefficient (Wildman–Crippen LogP) is 4.09. The molecule has 0 aliphatic carbocycles. The molecule has 1 aromatic carbocycles. The maximum atomic E-state index is 13.6. The molecule has 0 spiro atoms. The molecule has 2 atom stereocenters. The Labute approximate surface area is 141 Å². The molecule has 0 radical (unpaired) electrons. The first kappa shape index (κ1) is 15.8. The fourth-order valence-electron chi connectivity index (χ4n) is 4.39. The highest BCUT2D eigenvalue weighted by atomic mass is 19.2. The zero-order valence-electron chi connectivity index (χ0n) is 13.8. The summed E-state index contributed by atoms with van der Waals surface area (Å²) in [6, 6.07) is 4.67. The van der Waals surface area contributed by atoms with Crippen molar-refractivity contribution in [2.75, 3.05) is 13.1 Å². The molecule has 24 heavy (non-hydrogen) atoms. The van der Waals surface area contributed by atoms with Crippen LogP contribution in [-0.4, -0.2) is 33.6 Å². The summed E-state index contributed by atoms with van der Waals surface area (Å²) < 4.78 is 28.9. The number of fused-ring (bicyclic) bond motifs is 1. The van der Waals surface area contributed by atoms with Crippen LogP contribution in [-0.2, 0) is 6.54 Å². The zero-order chi connectivity index (χ0) is 16.5. The third-order valence-electron chi connectivity index (χ3n) is 5.55. The maximum absolute atomic E-state index is 13.6. The van der Waals surface area contributed by atoms with Gasteiger partial charge in [0.1, 0.15) is 5.82 Å². The van der Waals surface area contributed by atoms with E-state index in [4.69, 9.17) is 0 Å². The standard InChI is InChI=1S/C19H23F2N3/c20-16-7-6-14(12-17(16)21)19-22-8-11-24(19)13-15-4-3-10-23-9-2-1-5-18(15)23/h6-8,11-12,15,18H,1-5,9-10,13H2/t15-,18+/m0/s1. The van der Waals surface area contributed by atoms with Crippen molar-refractivity contribution < 1.29 is 8.78 Å². The molecule has 4 rings (SSSR count). The molecule has 3 nitrogen and oxygen atoms in total. The Morgan fingerprint density at radius 3 is 2.79 bits per heavy atom. The normalized spacial score (nSPS) is 24.8. The molecule has 0 amide bonds. The van der Waals surface area contributed by atoms with Crippen LogP contribution in [0.4, 0.5) is 8.78 Å². The largest absolute Gasteiger partial charge is 0.331 e. The highest BCUT2D eigenvalue weighted by Gasteiger charge is 2.33. The van der Waals surface area contributed by atoms with E-state index in [-0.39, 0.29) is 0 Å². The molecule has 1 aromatic heterocycles. The van der Waals surface area contributed by atoms with Crippen LogP contribution in [0.2, 0.25) is 0 Å². The number of rotatable bonds is 3. The Balaban J connectivity index is 1.57. The summed E-state index contributed by atoms with van der Waals surface area (Å²) in [6.45, 7) is 3.34. The molecule has 128 valence electrons. The Bertz CT molecular complexity index is 710. The van der Waals surface area contributed by atoms with E-state index >= 15 is 0 Å². The fraction of sp³-hybridized carbons (Fsp3) is 0.526. The molecule has 2 fully saturated rings. The van der Waals surface area contributed by atoms with E-state index in [1.54, 1.807) is 12.3 Å². The molecule has 0 saturated carbocycles. The van der Waals surface area contributed by atoms with Gasteiger partial charge in [-0.05, 0) is 62.9 Å². The smallest absolute Gasteiger partial charge is 0.159 e. The Morgan fingerprint density at radius 2 is 1.92 bits per heavy atom. The van der Waals surface area contributed by atoms with Crippen molar-refractivity contribution in [1.29, 1.82) is 0 Å². The summed E-state index contributed by atoms with van der Waals surface area (Å²) in [5.74, 6) is -0.306. The predicted molar refractivity (Wildman–Crippen MR) is 89.5 cm³/mol. The van der Waals surface area contributed by atoms with Gasteiger partial charge in [0, 0.05) is 30.5 Å². The van der Waals surface area contributed by atoms with Crippen molar-refractivity contribution in [1.82, 2.24) is 14.5 Å². The minimum atomic E-state index is -0.821. The molecule has 5 heteroatoms. The molecular formula is C19H23F2N3. The number of benzene rings is 1. The van der Waals surface area contributed by atoms with Crippen LogP contribution >= 0.6 is 0 Å². The van der Waals surface area contributed by atoms with Crippen molar-refractivity contribution in [3.63, 3.8) is 0 Å². The van der Waals surface area contributed by atoms with Gasteiger partial charge in [0.15, 0.2) is 11.6 Å². The number of halogens is 2. The summed E-state index contributed by atoms with van der Waals surface area (Å²) in [5, 5.41) is 0. The lowest BCUT2D eigenvalue weighted by Gasteiger charge is -2.44. The van der Waals surface area contributed by atoms with E-state index in [2.05, 4.69) is 14.5 Å². The Hall–Kier alpha value is -1.75. The van der Waals surface area contributed by atoms with Gasteiger partial charge in [0.25, 0.3) is 0 Å². The first-order valence-electron chi connectivity index (χ1n) is 8.93. The van der Waals surface area contributed by atoms with Crippen LogP contribution in [0.3, 0.4) is 0 Å².